The van der Waals surface area contributed by atoms with E-state index in [1.165, 1.54) is 24.8 Å². The molecular weight excluding hydrogens is 488 g/mol. The number of aryl methyl sites for hydroxylation is 1. The third kappa shape index (κ3) is 6.98. The lowest BCUT2D eigenvalue weighted by molar-refractivity contribution is -0.142. The van der Waals surface area contributed by atoms with Crippen LogP contribution >= 0.6 is 11.3 Å². The van der Waals surface area contributed by atoms with E-state index in [9.17, 15) is 9.59 Å². The van der Waals surface area contributed by atoms with Crippen LogP contribution in [0.3, 0.4) is 0 Å². The molecule has 0 radical (unpaired) electrons. The molecule has 7 nitrogen and oxygen atoms in total. The van der Waals surface area contributed by atoms with Gasteiger partial charge in [0.2, 0.25) is 0 Å². The van der Waals surface area contributed by atoms with E-state index >= 15 is 0 Å². The van der Waals surface area contributed by atoms with Gasteiger partial charge in [-0.05, 0) is 74.1 Å². The van der Waals surface area contributed by atoms with Crippen LogP contribution in [0.5, 0.6) is 11.5 Å². The summed E-state index contributed by atoms with van der Waals surface area (Å²) < 4.78 is 15.9. The summed E-state index contributed by atoms with van der Waals surface area (Å²) in [5.74, 6) is 0.364. The van der Waals surface area contributed by atoms with Crippen molar-refractivity contribution in [3.05, 3.63) is 70.1 Å². The van der Waals surface area contributed by atoms with Crippen molar-refractivity contribution in [2.75, 3.05) is 25.6 Å². The summed E-state index contributed by atoms with van der Waals surface area (Å²) in [5.41, 5.74) is 3.36. The van der Waals surface area contributed by atoms with E-state index in [0.717, 1.165) is 42.5 Å². The zero-order valence-electron chi connectivity index (χ0n) is 21.2. The number of benzene rings is 2. The number of methoxy groups -OCH3 is 1. The highest BCUT2D eigenvalue weighted by molar-refractivity contribution is 7.16. The van der Waals surface area contributed by atoms with E-state index in [-0.39, 0.29) is 12.5 Å². The van der Waals surface area contributed by atoms with Gasteiger partial charge >= 0.3 is 5.97 Å². The van der Waals surface area contributed by atoms with Crippen LogP contribution in [0.1, 0.15) is 59.0 Å². The molecule has 0 unspecified atom stereocenters. The number of hydrogen-bond acceptors (Lipinski definition) is 7. The Bertz CT molecular complexity index is 1250. The summed E-state index contributed by atoms with van der Waals surface area (Å²) in [6.45, 7) is 2.12. The van der Waals surface area contributed by atoms with Gasteiger partial charge in [-0.15, -0.1) is 11.3 Å². The zero-order valence-corrected chi connectivity index (χ0v) is 22.1. The third-order valence-corrected chi connectivity index (χ3v) is 7.28. The van der Waals surface area contributed by atoms with Crippen molar-refractivity contribution < 1.29 is 23.8 Å². The maximum Gasteiger partial charge on any atom is 0.343 e. The molecule has 0 fully saturated rings. The Hall–Kier alpha value is -3.65. The Morgan fingerprint density at radius 2 is 1.78 bits per heavy atom. The smallest absolute Gasteiger partial charge is 0.343 e. The molecule has 0 bridgehead atoms. The fourth-order valence-electron chi connectivity index (χ4n) is 4.27. The van der Waals surface area contributed by atoms with Crippen molar-refractivity contribution in [2.45, 2.75) is 45.4 Å². The van der Waals surface area contributed by atoms with Crippen LogP contribution in [0, 0.1) is 0 Å². The first-order chi connectivity index (χ1) is 18.1. The second kappa shape index (κ2) is 13.1. The molecule has 0 spiro atoms. The SMILES string of the molecule is CCOc1cc(C=Nc2sc3c(c2C(=O)Nc2ccccc2)CCCCCC3)ccc1OCC(=O)OC. The molecule has 2 aromatic carbocycles. The number of aliphatic imine (C=N–C) groups is 1. The number of carbonyl (C=O) groups is 2. The van der Waals surface area contributed by atoms with Gasteiger partial charge in [0, 0.05) is 16.8 Å². The maximum atomic E-state index is 13.5. The number of thiophene rings is 1. The molecule has 194 valence electrons. The molecule has 1 N–H and O–H groups in total. The normalized spacial score (nSPS) is 13.4. The van der Waals surface area contributed by atoms with Crippen LogP contribution in [0.25, 0.3) is 0 Å². The summed E-state index contributed by atoms with van der Waals surface area (Å²) in [4.78, 5) is 31.0. The number of nitrogens with one attached hydrogen (secondary N) is 1. The van der Waals surface area contributed by atoms with Crippen LogP contribution in [-0.2, 0) is 22.4 Å². The van der Waals surface area contributed by atoms with Gasteiger partial charge in [0.05, 0.1) is 19.3 Å². The molecular formula is C29H32N2O5S. The van der Waals surface area contributed by atoms with Crippen LogP contribution in [0.2, 0.25) is 0 Å². The van der Waals surface area contributed by atoms with Gasteiger partial charge in [0.15, 0.2) is 18.1 Å². The van der Waals surface area contributed by atoms with Crippen LogP contribution in [-0.4, -0.2) is 38.4 Å². The van der Waals surface area contributed by atoms with Crippen LogP contribution in [0.4, 0.5) is 10.7 Å². The number of carbonyl (C=O) groups excluding carboxylic acids is 2. The van der Waals surface area contributed by atoms with E-state index in [4.69, 9.17) is 14.5 Å². The van der Waals surface area contributed by atoms with Crippen molar-refractivity contribution in [2.24, 2.45) is 4.99 Å². The first-order valence-corrected chi connectivity index (χ1v) is 13.4. The number of nitrogens with zero attached hydrogens (tertiary/aromatic N) is 1. The van der Waals surface area contributed by atoms with Gasteiger partial charge < -0.3 is 19.5 Å². The Balaban J connectivity index is 1.64. The Kier molecular flexibility index (Phi) is 9.32. The molecule has 3 aromatic rings. The van der Waals surface area contributed by atoms with E-state index in [0.29, 0.717) is 28.7 Å². The summed E-state index contributed by atoms with van der Waals surface area (Å²) >= 11 is 1.61. The maximum absolute atomic E-state index is 13.5. The molecule has 1 aliphatic carbocycles. The molecule has 1 amide bonds. The summed E-state index contributed by atoms with van der Waals surface area (Å²) in [6, 6.07) is 14.9. The van der Waals surface area contributed by atoms with E-state index < -0.39 is 5.97 Å². The molecule has 0 aliphatic heterocycles. The second-order valence-electron chi connectivity index (χ2n) is 8.68. The fraction of sp³-hybridized carbons (Fsp3) is 0.345. The van der Waals surface area contributed by atoms with Gasteiger partial charge in [-0.3, -0.25) is 4.79 Å². The highest BCUT2D eigenvalue weighted by Gasteiger charge is 2.24. The lowest BCUT2D eigenvalue weighted by Crippen LogP contribution is -2.14. The molecule has 0 atom stereocenters. The minimum Gasteiger partial charge on any atom is -0.490 e. The number of ether oxygens (including phenoxy) is 3. The number of para-hydroxylation sites is 1. The van der Waals surface area contributed by atoms with Crippen molar-refractivity contribution in [3.63, 3.8) is 0 Å². The highest BCUT2D eigenvalue weighted by atomic mass is 32.1. The van der Waals surface area contributed by atoms with Gasteiger partial charge in [-0.25, -0.2) is 9.79 Å². The molecule has 1 aromatic heterocycles. The Labute approximate surface area is 221 Å². The molecule has 1 aliphatic rings. The quantitative estimate of drug-likeness (QED) is 0.262. The molecule has 0 saturated heterocycles. The summed E-state index contributed by atoms with van der Waals surface area (Å²) in [5, 5.41) is 3.76. The molecule has 8 heteroatoms. The Morgan fingerprint density at radius 1 is 1.00 bits per heavy atom. The standard InChI is InChI=1S/C29H32N2O5S/c1-3-35-24-17-20(15-16-23(24)36-19-26(32)34-2)18-30-29-27(28(33)31-21-11-7-6-8-12-21)22-13-9-4-5-10-14-25(22)37-29/h6-8,11-12,15-18H,3-5,9-10,13-14,19H2,1-2H3,(H,31,33). The highest BCUT2D eigenvalue weighted by Crippen LogP contribution is 2.39. The molecule has 37 heavy (non-hydrogen) atoms. The first kappa shape index (κ1) is 26.4. The van der Waals surface area contributed by atoms with Crippen LogP contribution in [0.15, 0.2) is 53.5 Å². The predicted octanol–water partition coefficient (Wildman–Crippen LogP) is 6.36. The minimum atomic E-state index is -0.470. The van der Waals surface area contributed by atoms with E-state index in [2.05, 4.69) is 10.1 Å². The van der Waals surface area contributed by atoms with Gasteiger partial charge in [-0.2, -0.15) is 0 Å². The van der Waals surface area contributed by atoms with Gasteiger partial charge in [-0.1, -0.05) is 31.0 Å². The average molecular weight is 521 g/mol. The van der Waals surface area contributed by atoms with Crippen molar-refractivity contribution in [1.29, 1.82) is 0 Å². The zero-order chi connectivity index (χ0) is 26.0. The second-order valence-corrected chi connectivity index (χ2v) is 9.76. The van der Waals surface area contributed by atoms with E-state index in [1.54, 1.807) is 23.6 Å². The third-order valence-electron chi connectivity index (χ3n) is 6.08. The molecule has 1 heterocycles. The summed E-state index contributed by atoms with van der Waals surface area (Å²) in [6.07, 6.45) is 8.20. The largest absolute Gasteiger partial charge is 0.490 e. The van der Waals surface area contributed by atoms with Gasteiger partial charge in [0.25, 0.3) is 5.91 Å². The van der Waals surface area contributed by atoms with Crippen LogP contribution < -0.4 is 14.8 Å². The number of esters is 1. The minimum absolute atomic E-state index is 0.127. The predicted molar refractivity (Wildman–Crippen MR) is 147 cm³/mol. The number of hydrogen-bond donors (Lipinski definition) is 1. The topological polar surface area (TPSA) is 86.2 Å². The average Bonchev–Trinajstić information content (AvgIpc) is 3.23. The van der Waals surface area contributed by atoms with E-state index in [1.807, 2.05) is 49.4 Å². The number of anilines is 1. The number of rotatable bonds is 9. The first-order valence-electron chi connectivity index (χ1n) is 12.6. The van der Waals surface area contributed by atoms with Crippen molar-refractivity contribution in [3.8, 4) is 11.5 Å². The lowest BCUT2D eigenvalue weighted by atomic mass is 9.96. The summed E-state index contributed by atoms with van der Waals surface area (Å²) in [7, 11) is 1.31. The fourth-order valence-corrected chi connectivity index (χ4v) is 5.50. The van der Waals surface area contributed by atoms with Gasteiger partial charge in [0.1, 0.15) is 5.00 Å². The lowest BCUT2D eigenvalue weighted by Gasteiger charge is -2.12. The monoisotopic (exact) mass is 520 g/mol. The molecule has 0 saturated carbocycles. The Morgan fingerprint density at radius 3 is 2.54 bits per heavy atom. The van der Waals surface area contributed by atoms with Crippen molar-refractivity contribution in [1.82, 2.24) is 0 Å². The molecule has 4 rings (SSSR count). The number of amides is 1. The number of fused-ring (bicyclic) bond motifs is 1. The van der Waals surface area contributed by atoms with Crippen molar-refractivity contribution >= 4 is 40.1 Å².